The van der Waals surface area contributed by atoms with Gasteiger partial charge in [-0.25, -0.2) is 0 Å². The second-order valence-corrected chi connectivity index (χ2v) is 6.08. The molecule has 0 bridgehead atoms. The Morgan fingerprint density at radius 2 is 1.44 bits per heavy atom. The fraction of sp³-hybridized carbons (Fsp3) is 0.300. The Hall–Kier alpha value is -2.66. The van der Waals surface area contributed by atoms with Crippen molar-refractivity contribution in [1.82, 2.24) is 4.90 Å². The van der Waals surface area contributed by atoms with Crippen molar-refractivity contribution in [3.63, 3.8) is 0 Å². The fourth-order valence-electron chi connectivity index (χ4n) is 2.48. The van der Waals surface area contributed by atoms with Gasteiger partial charge in [-0.2, -0.15) is 0 Å². The number of hydrogen-bond acceptors (Lipinski definition) is 3. The number of benzene rings is 2. The summed E-state index contributed by atoms with van der Waals surface area (Å²) < 4.78 is 0. The van der Waals surface area contributed by atoms with Gasteiger partial charge in [-0.05, 0) is 43.3 Å². The minimum absolute atomic E-state index is 0.00169. The molecule has 0 saturated heterocycles. The minimum Gasteiger partial charge on any atom is -0.326 e. The third-order valence-corrected chi connectivity index (χ3v) is 3.64. The molecule has 0 aliphatic carbocycles. The zero-order valence-corrected chi connectivity index (χ0v) is 14.8. The molecule has 2 N–H and O–H groups in total. The lowest BCUT2D eigenvalue weighted by molar-refractivity contribution is -0.117. The maximum Gasteiger partial charge on any atom is 0.238 e. The Balaban J connectivity index is 1.80. The van der Waals surface area contributed by atoms with Crippen molar-refractivity contribution in [2.45, 2.75) is 26.3 Å². The largest absolute Gasteiger partial charge is 0.326 e. The van der Waals surface area contributed by atoms with Crippen LogP contribution in [0.15, 0.2) is 54.6 Å². The maximum atomic E-state index is 12.1. The van der Waals surface area contributed by atoms with E-state index < -0.39 is 0 Å². The van der Waals surface area contributed by atoms with Crippen LogP contribution in [0.3, 0.4) is 0 Å². The van der Waals surface area contributed by atoms with E-state index in [0.29, 0.717) is 18.7 Å². The molecule has 132 valence electrons. The molecule has 5 heteroatoms. The van der Waals surface area contributed by atoms with Gasteiger partial charge in [-0.15, -0.1) is 0 Å². The number of nitrogens with one attached hydrogen (secondary N) is 2. The number of anilines is 2. The number of nitrogens with zero attached hydrogens (tertiary/aromatic N) is 1. The minimum atomic E-state index is -0.0683. The molecule has 0 aliphatic rings. The number of rotatable bonds is 8. The first kappa shape index (κ1) is 18.7. The zero-order valence-electron chi connectivity index (χ0n) is 14.8. The lowest BCUT2D eigenvalue weighted by Crippen LogP contribution is -2.29. The second-order valence-electron chi connectivity index (χ2n) is 6.08. The first-order valence-electron chi connectivity index (χ1n) is 8.49. The summed E-state index contributed by atoms with van der Waals surface area (Å²) in [5.41, 5.74) is 2.62. The van der Waals surface area contributed by atoms with Gasteiger partial charge >= 0.3 is 0 Å². The average Bonchev–Trinajstić information content (AvgIpc) is 2.57. The van der Waals surface area contributed by atoms with Gasteiger partial charge in [-0.3, -0.25) is 14.5 Å². The predicted octanol–water partition coefficient (Wildman–Crippen LogP) is 3.50. The molecule has 25 heavy (non-hydrogen) atoms. The lowest BCUT2D eigenvalue weighted by atomic mass is 10.2. The Morgan fingerprint density at radius 3 is 2.00 bits per heavy atom. The summed E-state index contributed by atoms with van der Waals surface area (Å²) in [5, 5.41) is 5.69. The topological polar surface area (TPSA) is 61.4 Å². The smallest absolute Gasteiger partial charge is 0.238 e. The molecule has 0 fully saturated rings. The molecular weight excluding hydrogens is 314 g/mol. The Labute approximate surface area is 149 Å². The summed E-state index contributed by atoms with van der Waals surface area (Å²) in [6.07, 6.45) is 1.32. The van der Waals surface area contributed by atoms with Crippen molar-refractivity contribution in [3.05, 3.63) is 60.2 Å². The first-order chi connectivity index (χ1) is 12.1. The van der Waals surface area contributed by atoms with Crippen molar-refractivity contribution in [3.8, 4) is 0 Å². The highest BCUT2D eigenvalue weighted by Gasteiger charge is 2.08. The first-order valence-corrected chi connectivity index (χ1v) is 8.49. The molecule has 0 saturated carbocycles. The van der Waals surface area contributed by atoms with Crippen molar-refractivity contribution in [2.75, 3.05) is 24.2 Å². The molecule has 0 spiro atoms. The van der Waals surface area contributed by atoms with Crippen LogP contribution >= 0.6 is 0 Å². The molecule has 0 heterocycles. The summed E-state index contributed by atoms with van der Waals surface area (Å²) in [6.45, 7) is 2.99. The van der Waals surface area contributed by atoms with E-state index in [0.717, 1.165) is 18.7 Å². The molecule has 0 atom stereocenters. The quantitative estimate of drug-likeness (QED) is 0.774. The number of likely N-dealkylation sites (N-methyl/N-ethyl adjacent to an activating group) is 1. The van der Waals surface area contributed by atoms with Gasteiger partial charge in [-0.1, -0.05) is 37.3 Å². The van der Waals surface area contributed by atoms with Gasteiger partial charge in [0.15, 0.2) is 0 Å². The zero-order chi connectivity index (χ0) is 18.1. The van der Waals surface area contributed by atoms with Crippen LogP contribution in [0.4, 0.5) is 11.4 Å². The molecule has 2 aromatic carbocycles. The fourth-order valence-corrected chi connectivity index (χ4v) is 2.48. The van der Waals surface area contributed by atoms with Gasteiger partial charge in [0.05, 0.1) is 6.54 Å². The van der Waals surface area contributed by atoms with Crippen molar-refractivity contribution < 1.29 is 9.59 Å². The summed E-state index contributed by atoms with van der Waals surface area (Å²) in [6, 6.07) is 17.2. The predicted molar refractivity (Wildman–Crippen MR) is 101 cm³/mol. The van der Waals surface area contributed by atoms with Crippen LogP contribution in [-0.4, -0.2) is 30.3 Å². The molecular formula is C20H25N3O2. The number of carbonyl (C=O) groups excluding carboxylic acids is 2. The van der Waals surface area contributed by atoms with Gasteiger partial charge in [0.1, 0.15) is 0 Å². The highest BCUT2D eigenvalue weighted by atomic mass is 16.2. The highest BCUT2D eigenvalue weighted by molar-refractivity contribution is 5.93. The molecule has 0 aromatic heterocycles. The van der Waals surface area contributed by atoms with E-state index in [9.17, 15) is 9.59 Å². The van der Waals surface area contributed by atoms with E-state index in [1.807, 2.05) is 49.2 Å². The molecule has 2 rings (SSSR count). The van der Waals surface area contributed by atoms with Crippen LogP contribution in [-0.2, 0) is 16.1 Å². The van der Waals surface area contributed by atoms with Crippen LogP contribution in [0.25, 0.3) is 0 Å². The number of carbonyl (C=O) groups is 2. The van der Waals surface area contributed by atoms with Crippen LogP contribution in [0, 0.1) is 0 Å². The molecule has 0 unspecified atom stereocenters. The van der Waals surface area contributed by atoms with E-state index >= 15 is 0 Å². The lowest BCUT2D eigenvalue weighted by Gasteiger charge is -2.16. The average molecular weight is 339 g/mol. The van der Waals surface area contributed by atoms with Crippen molar-refractivity contribution in [1.29, 1.82) is 0 Å². The highest BCUT2D eigenvalue weighted by Crippen LogP contribution is 2.14. The van der Waals surface area contributed by atoms with Crippen molar-refractivity contribution >= 4 is 23.2 Å². The van der Waals surface area contributed by atoms with Crippen LogP contribution in [0.1, 0.15) is 25.3 Å². The molecule has 2 aromatic rings. The van der Waals surface area contributed by atoms with E-state index in [2.05, 4.69) is 10.6 Å². The standard InChI is InChI=1S/C20H25N3O2/c1-3-7-19(24)21-17-10-12-18(13-11-17)22-20(25)15-23(2)14-16-8-5-4-6-9-16/h4-6,8-13H,3,7,14-15H2,1-2H3,(H,21,24)(H,22,25). The normalized spacial score (nSPS) is 10.5. The van der Waals surface area contributed by atoms with Crippen LogP contribution < -0.4 is 10.6 Å². The van der Waals surface area contributed by atoms with Gasteiger partial charge in [0, 0.05) is 24.3 Å². The van der Waals surface area contributed by atoms with E-state index in [1.165, 1.54) is 5.56 Å². The van der Waals surface area contributed by atoms with Crippen LogP contribution in [0.5, 0.6) is 0 Å². The van der Waals surface area contributed by atoms with E-state index in [1.54, 1.807) is 24.3 Å². The molecule has 0 aliphatic heterocycles. The summed E-state index contributed by atoms with van der Waals surface area (Å²) in [4.78, 5) is 25.7. The third kappa shape index (κ3) is 6.77. The molecule has 0 radical (unpaired) electrons. The summed E-state index contributed by atoms with van der Waals surface area (Å²) in [5.74, 6) is -0.0666. The van der Waals surface area contributed by atoms with Gasteiger partial charge in [0.25, 0.3) is 0 Å². The van der Waals surface area contributed by atoms with E-state index in [4.69, 9.17) is 0 Å². The van der Waals surface area contributed by atoms with Gasteiger partial charge < -0.3 is 10.6 Å². The monoisotopic (exact) mass is 339 g/mol. The second kappa shape index (κ2) is 9.59. The molecule has 5 nitrogen and oxygen atoms in total. The van der Waals surface area contributed by atoms with E-state index in [-0.39, 0.29) is 11.8 Å². The maximum absolute atomic E-state index is 12.1. The number of hydrogen-bond donors (Lipinski definition) is 2. The summed E-state index contributed by atoms with van der Waals surface area (Å²) in [7, 11) is 1.92. The van der Waals surface area contributed by atoms with Crippen LogP contribution in [0.2, 0.25) is 0 Å². The Kier molecular flexibility index (Phi) is 7.16. The SMILES string of the molecule is CCCC(=O)Nc1ccc(NC(=O)CN(C)Cc2ccccc2)cc1. The third-order valence-electron chi connectivity index (χ3n) is 3.64. The summed E-state index contributed by atoms with van der Waals surface area (Å²) >= 11 is 0. The van der Waals surface area contributed by atoms with Crippen molar-refractivity contribution in [2.24, 2.45) is 0 Å². The Morgan fingerprint density at radius 1 is 0.880 bits per heavy atom. The number of amides is 2. The Bertz CT molecular complexity index is 684. The molecule has 2 amide bonds. The van der Waals surface area contributed by atoms with Gasteiger partial charge in [0.2, 0.25) is 11.8 Å².